The van der Waals surface area contributed by atoms with Crippen molar-refractivity contribution in [1.82, 2.24) is 5.32 Å². The number of ether oxygens (including phenoxy) is 1. The van der Waals surface area contributed by atoms with Crippen molar-refractivity contribution in [1.29, 1.82) is 0 Å². The number of nitrogens with one attached hydrogen (secondary N) is 1. The van der Waals surface area contributed by atoms with Gasteiger partial charge in [-0.15, -0.1) is 11.3 Å². The SMILES string of the molecule is CCCOc1ccc(C(NC)c2ccc(CC)s2)cc1Br. The lowest BCUT2D eigenvalue weighted by molar-refractivity contribution is 0.315. The van der Waals surface area contributed by atoms with Gasteiger partial charge in [0.15, 0.2) is 0 Å². The van der Waals surface area contributed by atoms with Crippen LogP contribution < -0.4 is 10.1 Å². The van der Waals surface area contributed by atoms with Crippen LogP contribution in [0.25, 0.3) is 0 Å². The molecule has 114 valence electrons. The fourth-order valence-corrected chi connectivity index (χ4v) is 3.84. The summed E-state index contributed by atoms with van der Waals surface area (Å²) >= 11 is 5.49. The van der Waals surface area contributed by atoms with E-state index < -0.39 is 0 Å². The highest BCUT2D eigenvalue weighted by molar-refractivity contribution is 9.10. The fourth-order valence-electron chi connectivity index (χ4n) is 2.24. The molecular formula is C17H22BrNOS. The molecule has 0 spiro atoms. The predicted octanol–water partition coefficient (Wildman–Crippen LogP) is 5.17. The Morgan fingerprint density at radius 2 is 2.05 bits per heavy atom. The lowest BCUT2D eigenvalue weighted by Crippen LogP contribution is -2.16. The lowest BCUT2D eigenvalue weighted by atomic mass is 10.1. The minimum atomic E-state index is 0.229. The molecule has 1 N–H and O–H groups in total. The second-order valence-corrected chi connectivity index (χ2v) is 6.97. The second kappa shape index (κ2) is 7.97. The van der Waals surface area contributed by atoms with E-state index in [1.54, 1.807) is 0 Å². The first-order chi connectivity index (χ1) is 10.2. The second-order valence-electron chi connectivity index (χ2n) is 4.92. The molecule has 1 aromatic heterocycles. The van der Waals surface area contributed by atoms with Crippen molar-refractivity contribution in [3.8, 4) is 5.75 Å². The van der Waals surface area contributed by atoms with Crippen molar-refractivity contribution in [2.75, 3.05) is 13.7 Å². The van der Waals surface area contributed by atoms with Crippen molar-refractivity contribution < 1.29 is 4.74 Å². The molecule has 0 saturated carbocycles. The van der Waals surface area contributed by atoms with Gasteiger partial charge in [-0.2, -0.15) is 0 Å². The van der Waals surface area contributed by atoms with E-state index in [-0.39, 0.29) is 6.04 Å². The topological polar surface area (TPSA) is 21.3 Å². The van der Waals surface area contributed by atoms with E-state index in [1.165, 1.54) is 15.3 Å². The normalized spacial score (nSPS) is 12.4. The smallest absolute Gasteiger partial charge is 0.133 e. The minimum absolute atomic E-state index is 0.229. The molecule has 2 aromatic rings. The number of thiophene rings is 1. The Kier molecular flexibility index (Phi) is 6.27. The largest absolute Gasteiger partial charge is 0.492 e. The number of hydrogen-bond acceptors (Lipinski definition) is 3. The fraction of sp³-hybridized carbons (Fsp3) is 0.412. The number of halogens is 1. The van der Waals surface area contributed by atoms with E-state index in [0.29, 0.717) is 0 Å². The predicted molar refractivity (Wildman–Crippen MR) is 94.5 cm³/mol. The van der Waals surface area contributed by atoms with Gasteiger partial charge in [-0.3, -0.25) is 0 Å². The van der Waals surface area contributed by atoms with Crippen LogP contribution in [0, 0.1) is 0 Å². The molecule has 0 aliphatic heterocycles. The summed E-state index contributed by atoms with van der Waals surface area (Å²) in [5.41, 5.74) is 1.25. The number of hydrogen-bond donors (Lipinski definition) is 1. The van der Waals surface area contributed by atoms with Gasteiger partial charge in [-0.05, 0) is 65.6 Å². The van der Waals surface area contributed by atoms with Crippen LogP contribution in [0.2, 0.25) is 0 Å². The molecule has 0 saturated heterocycles. The number of aryl methyl sites for hydroxylation is 1. The van der Waals surface area contributed by atoms with Gasteiger partial charge >= 0.3 is 0 Å². The third kappa shape index (κ3) is 4.09. The Labute approximate surface area is 139 Å². The van der Waals surface area contributed by atoms with Gasteiger partial charge in [-0.25, -0.2) is 0 Å². The average molecular weight is 368 g/mol. The maximum Gasteiger partial charge on any atom is 0.133 e. The van der Waals surface area contributed by atoms with E-state index in [9.17, 15) is 0 Å². The Morgan fingerprint density at radius 3 is 2.62 bits per heavy atom. The summed E-state index contributed by atoms with van der Waals surface area (Å²) in [4.78, 5) is 2.77. The van der Waals surface area contributed by atoms with Crippen molar-refractivity contribution in [3.05, 3.63) is 50.1 Å². The maximum atomic E-state index is 5.72. The van der Waals surface area contributed by atoms with Crippen LogP contribution >= 0.6 is 27.3 Å². The van der Waals surface area contributed by atoms with Gasteiger partial charge < -0.3 is 10.1 Å². The van der Waals surface area contributed by atoms with Crippen LogP contribution in [0.3, 0.4) is 0 Å². The molecule has 0 amide bonds. The highest BCUT2D eigenvalue weighted by Crippen LogP contribution is 2.33. The zero-order valence-corrected chi connectivity index (χ0v) is 15.2. The van der Waals surface area contributed by atoms with Gasteiger partial charge in [0.05, 0.1) is 17.1 Å². The zero-order chi connectivity index (χ0) is 15.2. The van der Waals surface area contributed by atoms with Gasteiger partial charge in [0.1, 0.15) is 5.75 Å². The molecule has 0 radical (unpaired) electrons. The maximum absolute atomic E-state index is 5.72. The van der Waals surface area contributed by atoms with Gasteiger partial charge in [0.25, 0.3) is 0 Å². The van der Waals surface area contributed by atoms with Crippen LogP contribution in [0.15, 0.2) is 34.8 Å². The Morgan fingerprint density at radius 1 is 1.24 bits per heavy atom. The first-order valence-corrected chi connectivity index (χ1v) is 8.98. The molecule has 0 aliphatic carbocycles. The van der Waals surface area contributed by atoms with Crippen molar-refractivity contribution in [3.63, 3.8) is 0 Å². The summed E-state index contributed by atoms with van der Waals surface area (Å²) in [6.45, 7) is 5.06. The first kappa shape index (κ1) is 16.5. The summed E-state index contributed by atoms with van der Waals surface area (Å²) in [5, 5.41) is 3.41. The summed E-state index contributed by atoms with van der Waals surface area (Å²) in [7, 11) is 2.01. The lowest BCUT2D eigenvalue weighted by Gasteiger charge is -2.17. The monoisotopic (exact) mass is 367 g/mol. The molecule has 1 atom stereocenters. The standard InChI is InChI=1S/C17H22BrNOS/c1-4-10-20-15-8-6-12(11-14(15)18)17(19-3)16-9-7-13(5-2)21-16/h6-9,11,17,19H,4-5,10H2,1-3H3. The molecule has 21 heavy (non-hydrogen) atoms. The van der Waals surface area contributed by atoms with E-state index in [1.807, 2.05) is 24.5 Å². The Bertz CT molecular complexity index is 582. The van der Waals surface area contributed by atoms with E-state index >= 15 is 0 Å². The summed E-state index contributed by atoms with van der Waals surface area (Å²) < 4.78 is 6.73. The van der Waals surface area contributed by atoms with Gasteiger partial charge in [0.2, 0.25) is 0 Å². The molecule has 2 rings (SSSR count). The molecule has 1 aromatic carbocycles. The van der Waals surface area contributed by atoms with Crippen LogP contribution in [0.1, 0.15) is 41.6 Å². The summed E-state index contributed by atoms with van der Waals surface area (Å²) in [6.07, 6.45) is 2.11. The molecule has 0 aliphatic rings. The Balaban J connectivity index is 2.24. The molecule has 1 unspecified atom stereocenters. The minimum Gasteiger partial charge on any atom is -0.492 e. The van der Waals surface area contributed by atoms with Crippen molar-refractivity contribution >= 4 is 27.3 Å². The molecule has 1 heterocycles. The van der Waals surface area contributed by atoms with E-state index in [2.05, 4.69) is 59.4 Å². The third-order valence-electron chi connectivity index (χ3n) is 3.36. The van der Waals surface area contributed by atoms with Crippen molar-refractivity contribution in [2.24, 2.45) is 0 Å². The van der Waals surface area contributed by atoms with E-state index in [4.69, 9.17) is 4.74 Å². The summed E-state index contributed by atoms with van der Waals surface area (Å²) in [5.74, 6) is 0.913. The highest BCUT2D eigenvalue weighted by atomic mass is 79.9. The van der Waals surface area contributed by atoms with Crippen LogP contribution in [0.5, 0.6) is 5.75 Å². The number of benzene rings is 1. The third-order valence-corrected chi connectivity index (χ3v) is 5.27. The molecule has 2 nitrogen and oxygen atoms in total. The zero-order valence-electron chi connectivity index (χ0n) is 12.8. The molecule has 0 bridgehead atoms. The molecular weight excluding hydrogens is 346 g/mol. The molecule has 0 fully saturated rings. The van der Waals surface area contributed by atoms with E-state index in [0.717, 1.165) is 29.7 Å². The highest BCUT2D eigenvalue weighted by Gasteiger charge is 2.15. The van der Waals surface area contributed by atoms with Crippen LogP contribution in [-0.2, 0) is 6.42 Å². The van der Waals surface area contributed by atoms with Crippen LogP contribution in [0.4, 0.5) is 0 Å². The summed E-state index contributed by atoms with van der Waals surface area (Å²) in [6, 6.07) is 11.0. The van der Waals surface area contributed by atoms with Crippen molar-refractivity contribution in [2.45, 2.75) is 32.7 Å². The molecule has 4 heteroatoms. The van der Waals surface area contributed by atoms with Crippen LogP contribution in [-0.4, -0.2) is 13.7 Å². The Hall–Kier alpha value is -0.840. The first-order valence-electron chi connectivity index (χ1n) is 7.37. The van der Waals surface area contributed by atoms with Gasteiger partial charge in [0, 0.05) is 9.75 Å². The number of rotatable bonds is 7. The average Bonchev–Trinajstić information content (AvgIpc) is 2.96. The van der Waals surface area contributed by atoms with Gasteiger partial charge in [-0.1, -0.05) is 19.9 Å². The quantitative estimate of drug-likeness (QED) is 0.728.